The van der Waals surface area contributed by atoms with Crippen molar-refractivity contribution in [2.75, 3.05) is 11.4 Å². The molecule has 114 valence electrons. The number of aromatic nitrogens is 1. The van der Waals surface area contributed by atoms with Gasteiger partial charge in [-0.25, -0.2) is 0 Å². The average Bonchev–Trinajstić information content (AvgIpc) is 2.62. The van der Waals surface area contributed by atoms with Crippen molar-refractivity contribution < 1.29 is 5.11 Å². The van der Waals surface area contributed by atoms with Gasteiger partial charge in [-0.2, -0.15) is 0 Å². The van der Waals surface area contributed by atoms with Gasteiger partial charge in [0.1, 0.15) is 5.75 Å². The maximum absolute atomic E-state index is 9.68. The zero-order valence-corrected chi connectivity index (χ0v) is 13.7. The predicted octanol–water partition coefficient (Wildman–Crippen LogP) is 3.93. The van der Waals surface area contributed by atoms with E-state index in [0.29, 0.717) is 5.75 Å². The van der Waals surface area contributed by atoms with E-state index in [4.69, 9.17) is 0 Å². The number of aromatic hydroxyl groups is 1. The second-order valence-electron chi connectivity index (χ2n) is 5.80. The highest BCUT2D eigenvalue weighted by atomic mass is 35.5. The Hall–Kier alpha value is -1.45. The molecule has 3 rings (SSSR count). The number of anilines is 1. The first kappa shape index (κ1) is 17.6. The Balaban J connectivity index is 0.00000110. The van der Waals surface area contributed by atoms with Gasteiger partial charge < -0.3 is 10.0 Å². The molecule has 5 heteroatoms. The normalized spacial score (nSPS) is 14.9. The van der Waals surface area contributed by atoms with Crippen molar-refractivity contribution in [2.24, 2.45) is 0 Å². The number of phenols is 1. The zero-order valence-electron chi connectivity index (χ0n) is 12.1. The third kappa shape index (κ3) is 3.42. The van der Waals surface area contributed by atoms with Gasteiger partial charge in [-0.15, -0.1) is 24.8 Å². The van der Waals surface area contributed by atoms with Crippen molar-refractivity contribution in [3.8, 4) is 5.75 Å². The monoisotopic (exact) mass is 326 g/mol. The van der Waals surface area contributed by atoms with Gasteiger partial charge in [-0.3, -0.25) is 4.98 Å². The van der Waals surface area contributed by atoms with Crippen molar-refractivity contribution in [3.05, 3.63) is 53.9 Å². The van der Waals surface area contributed by atoms with Crippen LogP contribution >= 0.6 is 24.8 Å². The average molecular weight is 327 g/mol. The third-order valence-electron chi connectivity index (χ3n) is 3.76. The molecule has 0 aliphatic carbocycles. The first-order chi connectivity index (χ1) is 9.06. The second-order valence-corrected chi connectivity index (χ2v) is 5.80. The highest BCUT2D eigenvalue weighted by Crippen LogP contribution is 2.42. The van der Waals surface area contributed by atoms with Crippen LogP contribution in [-0.2, 0) is 12.0 Å². The summed E-state index contributed by atoms with van der Waals surface area (Å²) in [7, 11) is 0. The summed E-state index contributed by atoms with van der Waals surface area (Å²) in [4.78, 5) is 6.42. The summed E-state index contributed by atoms with van der Waals surface area (Å²) in [5.41, 5.74) is 3.77. The van der Waals surface area contributed by atoms with E-state index in [-0.39, 0.29) is 30.2 Å². The molecule has 0 unspecified atom stereocenters. The highest BCUT2D eigenvalue weighted by Gasteiger charge is 2.35. The zero-order chi connectivity index (χ0) is 13.5. The quantitative estimate of drug-likeness (QED) is 0.908. The van der Waals surface area contributed by atoms with Gasteiger partial charge in [-0.05, 0) is 41.5 Å². The molecular weight excluding hydrogens is 307 g/mol. The second kappa shape index (κ2) is 6.54. The lowest BCUT2D eigenvalue weighted by Gasteiger charge is -2.22. The number of fused-ring (bicyclic) bond motifs is 1. The molecule has 0 saturated heterocycles. The molecule has 2 aromatic rings. The number of phenolic OH excluding ortho intramolecular Hbond substituents is 1. The van der Waals surface area contributed by atoms with Gasteiger partial charge in [0.05, 0.1) is 0 Å². The van der Waals surface area contributed by atoms with E-state index in [2.05, 4.69) is 23.7 Å². The van der Waals surface area contributed by atoms with Crippen molar-refractivity contribution in [1.82, 2.24) is 4.98 Å². The molecule has 0 fully saturated rings. The van der Waals surface area contributed by atoms with Crippen LogP contribution in [0.5, 0.6) is 5.75 Å². The number of hydrogen-bond donors (Lipinski definition) is 1. The van der Waals surface area contributed by atoms with Crippen LogP contribution in [0.1, 0.15) is 25.0 Å². The van der Waals surface area contributed by atoms with Crippen LogP contribution in [0.15, 0.2) is 42.7 Å². The molecule has 1 N–H and O–H groups in total. The molecule has 1 aliphatic heterocycles. The molecule has 0 spiro atoms. The summed E-state index contributed by atoms with van der Waals surface area (Å²) in [5, 5.41) is 9.68. The van der Waals surface area contributed by atoms with E-state index < -0.39 is 0 Å². The summed E-state index contributed by atoms with van der Waals surface area (Å²) in [6.07, 6.45) is 3.66. The molecule has 0 radical (unpaired) electrons. The molecule has 0 bridgehead atoms. The fraction of sp³-hybridized carbons (Fsp3) is 0.312. The molecule has 1 aromatic carbocycles. The minimum atomic E-state index is 0. The Morgan fingerprint density at radius 3 is 2.48 bits per heavy atom. The summed E-state index contributed by atoms with van der Waals surface area (Å²) >= 11 is 0. The number of rotatable bonds is 2. The lowest BCUT2D eigenvalue weighted by molar-refractivity contribution is 0.471. The Bertz CT molecular complexity index is 602. The lowest BCUT2D eigenvalue weighted by Crippen LogP contribution is -2.28. The topological polar surface area (TPSA) is 36.4 Å². The molecule has 0 saturated carbocycles. The predicted molar refractivity (Wildman–Crippen MR) is 90.9 cm³/mol. The molecule has 0 amide bonds. The first-order valence-corrected chi connectivity index (χ1v) is 6.54. The fourth-order valence-corrected chi connectivity index (χ4v) is 2.84. The minimum Gasteiger partial charge on any atom is -0.508 e. The van der Waals surface area contributed by atoms with Crippen LogP contribution in [-0.4, -0.2) is 16.6 Å². The standard InChI is InChI=1S/C16H18N2O.2ClH/c1-16(2)11-18(10-12-5-7-17-8-6-12)15-4-3-13(19)9-14(15)16;;/h3-9,19H,10-11H2,1-2H3;2*1H. The fourth-order valence-electron chi connectivity index (χ4n) is 2.84. The molecular formula is C16H20Cl2N2O. The maximum Gasteiger partial charge on any atom is 0.116 e. The van der Waals surface area contributed by atoms with Crippen LogP contribution in [0.3, 0.4) is 0 Å². The largest absolute Gasteiger partial charge is 0.508 e. The van der Waals surface area contributed by atoms with E-state index in [0.717, 1.165) is 13.1 Å². The molecule has 1 aromatic heterocycles. The molecule has 1 aliphatic rings. The summed E-state index contributed by atoms with van der Waals surface area (Å²) in [6, 6.07) is 9.76. The minimum absolute atomic E-state index is 0. The SMILES string of the molecule is CC1(C)CN(Cc2ccncc2)c2ccc(O)cc21.Cl.Cl. The van der Waals surface area contributed by atoms with Crippen LogP contribution in [0, 0.1) is 0 Å². The smallest absolute Gasteiger partial charge is 0.116 e. The van der Waals surface area contributed by atoms with Gasteiger partial charge in [0.15, 0.2) is 0 Å². The Labute approximate surface area is 137 Å². The maximum atomic E-state index is 9.68. The van der Waals surface area contributed by atoms with E-state index in [1.807, 2.05) is 36.7 Å². The highest BCUT2D eigenvalue weighted by molar-refractivity contribution is 5.85. The van der Waals surface area contributed by atoms with Crippen molar-refractivity contribution in [2.45, 2.75) is 25.8 Å². The summed E-state index contributed by atoms with van der Waals surface area (Å²) in [6.45, 7) is 6.29. The van der Waals surface area contributed by atoms with E-state index in [1.54, 1.807) is 6.07 Å². The molecule has 3 nitrogen and oxygen atoms in total. The van der Waals surface area contributed by atoms with Gasteiger partial charge >= 0.3 is 0 Å². The third-order valence-corrected chi connectivity index (χ3v) is 3.76. The van der Waals surface area contributed by atoms with Crippen LogP contribution in [0.25, 0.3) is 0 Å². The molecule has 21 heavy (non-hydrogen) atoms. The van der Waals surface area contributed by atoms with E-state index in [9.17, 15) is 5.11 Å². The van der Waals surface area contributed by atoms with Gasteiger partial charge in [0.2, 0.25) is 0 Å². The van der Waals surface area contributed by atoms with Gasteiger partial charge in [0, 0.05) is 36.6 Å². The van der Waals surface area contributed by atoms with Crippen molar-refractivity contribution in [1.29, 1.82) is 0 Å². The first-order valence-electron chi connectivity index (χ1n) is 6.54. The Morgan fingerprint density at radius 1 is 1.14 bits per heavy atom. The van der Waals surface area contributed by atoms with Crippen molar-refractivity contribution >= 4 is 30.5 Å². The van der Waals surface area contributed by atoms with E-state index in [1.165, 1.54) is 16.8 Å². The van der Waals surface area contributed by atoms with Crippen LogP contribution < -0.4 is 4.90 Å². The van der Waals surface area contributed by atoms with Crippen molar-refractivity contribution in [3.63, 3.8) is 0 Å². The number of benzene rings is 1. The number of nitrogens with zero attached hydrogens (tertiary/aromatic N) is 2. The van der Waals surface area contributed by atoms with Gasteiger partial charge in [0.25, 0.3) is 0 Å². The Morgan fingerprint density at radius 2 is 1.81 bits per heavy atom. The van der Waals surface area contributed by atoms with E-state index >= 15 is 0 Å². The number of halogens is 2. The number of hydrogen-bond acceptors (Lipinski definition) is 3. The summed E-state index contributed by atoms with van der Waals surface area (Å²) in [5.74, 6) is 0.345. The van der Waals surface area contributed by atoms with Gasteiger partial charge in [-0.1, -0.05) is 13.8 Å². The Kier molecular flexibility index (Phi) is 5.48. The lowest BCUT2D eigenvalue weighted by atomic mass is 9.87. The summed E-state index contributed by atoms with van der Waals surface area (Å²) < 4.78 is 0. The number of pyridine rings is 1. The van der Waals surface area contributed by atoms with Crippen LogP contribution in [0.2, 0.25) is 0 Å². The molecule has 0 atom stereocenters. The molecule has 2 heterocycles. The van der Waals surface area contributed by atoms with Crippen LogP contribution in [0.4, 0.5) is 5.69 Å².